The first-order valence-corrected chi connectivity index (χ1v) is 11.9. The lowest BCUT2D eigenvalue weighted by molar-refractivity contribution is -0.159. The molecular formula is C24H35N5O6. The summed E-state index contributed by atoms with van der Waals surface area (Å²) in [5.41, 5.74) is 1.48. The molecule has 0 saturated carbocycles. The number of carboxylic acids is 2. The summed E-state index contributed by atoms with van der Waals surface area (Å²) in [4.78, 5) is 45.0. The lowest BCUT2D eigenvalue weighted by Crippen LogP contribution is -2.46. The molecule has 3 rings (SSSR count). The fourth-order valence-corrected chi connectivity index (χ4v) is 3.89. The van der Waals surface area contributed by atoms with Gasteiger partial charge >= 0.3 is 11.9 Å². The molecule has 11 heteroatoms. The molecule has 1 aromatic heterocycles. The number of aromatic nitrogens is 2. The van der Waals surface area contributed by atoms with Gasteiger partial charge in [-0.1, -0.05) is 25.1 Å². The number of nitrogens with zero attached hydrogens (tertiary/aromatic N) is 3. The van der Waals surface area contributed by atoms with Crippen molar-refractivity contribution in [1.29, 1.82) is 0 Å². The summed E-state index contributed by atoms with van der Waals surface area (Å²) >= 11 is 0. The van der Waals surface area contributed by atoms with Crippen LogP contribution in [0.4, 0.5) is 0 Å². The largest absolute Gasteiger partial charge is 0.473 e. The quantitative estimate of drug-likeness (QED) is 0.410. The van der Waals surface area contributed by atoms with E-state index in [1.807, 2.05) is 35.9 Å². The Morgan fingerprint density at radius 3 is 2.29 bits per heavy atom. The first-order valence-electron chi connectivity index (χ1n) is 11.9. The van der Waals surface area contributed by atoms with Crippen LogP contribution in [0.15, 0.2) is 24.3 Å². The van der Waals surface area contributed by atoms with Crippen LogP contribution in [-0.2, 0) is 14.4 Å². The minimum absolute atomic E-state index is 0.123. The van der Waals surface area contributed by atoms with Crippen molar-refractivity contribution in [2.45, 2.75) is 58.5 Å². The van der Waals surface area contributed by atoms with Crippen LogP contribution in [-0.4, -0.2) is 80.9 Å². The maximum atomic E-state index is 12.7. The maximum Gasteiger partial charge on any atom is 0.414 e. The van der Waals surface area contributed by atoms with E-state index in [9.17, 15) is 9.59 Å². The fourth-order valence-electron chi connectivity index (χ4n) is 3.89. The Balaban J connectivity index is 0.000000641. The van der Waals surface area contributed by atoms with Gasteiger partial charge in [0.25, 0.3) is 5.91 Å². The predicted molar refractivity (Wildman–Crippen MR) is 130 cm³/mol. The summed E-state index contributed by atoms with van der Waals surface area (Å²) in [7, 11) is 0. The number of rotatable bonds is 8. The van der Waals surface area contributed by atoms with Crippen LogP contribution >= 0.6 is 0 Å². The van der Waals surface area contributed by atoms with Crippen molar-refractivity contribution in [2.24, 2.45) is 0 Å². The number of fused-ring (bicyclic) bond motifs is 1. The number of nitrogens with one attached hydrogen (secondary N) is 2. The summed E-state index contributed by atoms with van der Waals surface area (Å²) in [6, 6.07) is 8.34. The molecule has 0 radical (unpaired) electrons. The number of carbonyl (C=O) groups excluding carboxylic acids is 2. The molecule has 2 heterocycles. The van der Waals surface area contributed by atoms with E-state index in [1.54, 1.807) is 0 Å². The third-order valence-corrected chi connectivity index (χ3v) is 5.64. The van der Waals surface area contributed by atoms with Crippen LogP contribution in [0.5, 0.6) is 0 Å². The third-order valence-electron chi connectivity index (χ3n) is 5.64. The SMILES string of the molecule is CCCC(=O)NC1CCN(CCNC(=O)c2nn(C(C)C)c3ccccc23)CC1.O=C(O)C(=O)O. The molecule has 2 aromatic rings. The van der Waals surface area contributed by atoms with E-state index in [-0.39, 0.29) is 23.9 Å². The number of amides is 2. The van der Waals surface area contributed by atoms with E-state index in [4.69, 9.17) is 19.8 Å². The number of hydrogen-bond donors (Lipinski definition) is 4. The number of piperidine rings is 1. The Morgan fingerprint density at radius 2 is 1.71 bits per heavy atom. The van der Waals surface area contributed by atoms with Crippen molar-refractivity contribution < 1.29 is 29.4 Å². The summed E-state index contributed by atoms with van der Waals surface area (Å²) in [6.45, 7) is 9.44. The highest BCUT2D eigenvalue weighted by Gasteiger charge is 2.21. The fraction of sp³-hybridized carbons (Fsp3) is 0.542. The molecular weight excluding hydrogens is 454 g/mol. The Labute approximate surface area is 204 Å². The van der Waals surface area contributed by atoms with Crippen LogP contribution < -0.4 is 10.6 Å². The van der Waals surface area contributed by atoms with Crippen LogP contribution in [0, 0.1) is 0 Å². The molecule has 0 unspecified atom stereocenters. The van der Waals surface area contributed by atoms with Gasteiger partial charge in [-0.05, 0) is 39.2 Å². The highest BCUT2D eigenvalue weighted by atomic mass is 16.4. The van der Waals surface area contributed by atoms with Crippen LogP contribution in [0.3, 0.4) is 0 Å². The number of para-hydroxylation sites is 1. The third kappa shape index (κ3) is 8.36. The van der Waals surface area contributed by atoms with Crippen LogP contribution in [0.25, 0.3) is 10.9 Å². The molecule has 35 heavy (non-hydrogen) atoms. The molecule has 192 valence electrons. The zero-order valence-corrected chi connectivity index (χ0v) is 20.5. The van der Waals surface area contributed by atoms with Crippen molar-refractivity contribution in [3.8, 4) is 0 Å². The molecule has 4 N–H and O–H groups in total. The first kappa shape index (κ1) is 27.8. The van der Waals surface area contributed by atoms with Gasteiger partial charge in [-0.15, -0.1) is 0 Å². The van der Waals surface area contributed by atoms with Crippen molar-refractivity contribution in [3.05, 3.63) is 30.0 Å². The highest BCUT2D eigenvalue weighted by Crippen LogP contribution is 2.21. The maximum absolute atomic E-state index is 12.7. The highest BCUT2D eigenvalue weighted by molar-refractivity contribution is 6.27. The van der Waals surface area contributed by atoms with Gasteiger partial charge in [-0.25, -0.2) is 9.59 Å². The molecule has 0 spiro atoms. The Hall–Kier alpha value is -3.47. The number of hydrogen-bond acceptors (Lipinski definition) is 6. The number of carbonyl (C=O) groups is 4. The summed E-state index contributed by atoms with van der Waals surface area (Å²) in [5, 5.41) is 26.4. The minimum Gasteiger partial charge on any atom is -0.473 e. The molecule has 1 aliphatic rings. The van der Waals surface area contributed by atoms with Gasteiger partial charge in [-0.2, -0.15) is 5.10 Å². The molecule has 1 saturated heterocycles. The minimum atomic E-state index is -1.82. The average Bonchev–Trinajstić information content (AvgIpc) is 3.21. The number of likely N-dealkylation sites (tertiary alicyclic amines) is 1. The lowest BCUT2D eigenvalue weighted by Gasteiger charge is -2.32. The van der Waals surface area contributed by atoms with Crippen molar-refractivity contribution in [3.63, 3.8) is 0 Å². The van der Waals surface area contributed by atoms with Crippen molar-refractivity contribution >= 4 is 34.7 Å². The monoisotopic (exact) mass is 489 g/mol. The summed E-state index contributed by atoms with van der Waals surface area (Å²) in [5.74, 6) is -3.61. The topological polar surface area (TPSA) is 154 Å². The lowest BCUT2D eigenvalue weighted by atomic mass is 10.0. The first-order chi connectivity index (χ1) is 16.6. The normalized spacial score (nSPS) is 14.3. The van der Waals surface area contributed by atoms with Crippen LogP contribution in [0.2, 0.25) is 0 Å². The van der Waals surface area contributed by atoms with Gasteiger partial charge in [0.1, 0.15) is 0 Å². The number of carboxylic acid groups (broad SMARTS) is 2. The van der Waals surface area contributed by atoms with Gasteiger partial charge in [0.2, 0.25) is 5.91 Å². The zero-order valence-electron chi connectivity index (χ0n) is 20.5. The van der Waals surface area contributed by atoms with Crippen LogP contribution in [0.1, 0.15) is 63.0 Å². The van der Waals surface area contributed by atoms with Gasteiger partial charge < -0.3 is 25.7 Å². The van der Waals surface area contributed by atoms with Gasteiger partial charge in [0.05, 0.1) is 5.52 Å². The molecule has 1 aromatic carbocycles. The molecule has 2 amide bonds. The molecule has 1 aliphatic heterocycles. The van der Waals surface area contributed by atoms with Crippen molar-refractivity contribution in [2.75, 3.05) is 26.2 Å². The summed E-state index contributed by atoms with van der Waals surface area (Å²) < 4.78 is 1.90. The van der Waals surface area contributed by atoms with E-state index in [1.165, 1.54) is 0 Å². The second-order valence-electron chi connectivity index (χ2n) is 8.70. The zero-order chi connectivity index (χ0) is 26.0. The number of benzene rings is 1. The van der Waals surface area contributed by atoms with Gasteiger partial charge in [0, 0.05) is 50.1 Å². The molecule has 0 atom stereocenters. The van der Waals surface area contributed by atoms with Gasteiger partial charge in [0.15, 0.2) is 5.69 Å². The molecule has 1 fully saturated rings. The van der Waals surface area contributed by atoms with E-state index >= 15 is 0 Å². The molecule has 11 nitrogen and oxygen atoms in total. The van der Waals surface area contributed by atoms with E-state index in [0.29, 0.717) is 18.7 Å². The summed E-state index contributed by atoms with van der Waals surface area (Å²) in [6.07, 6.45) is 3.42. The van der Waals surface area contributed by atoms with Gasteiger partial charge in [-0.3, -0.25) is 14.3 Å². The van der Waals surface area contributed by atoms with E-state index < -0.39 is 11.9 Å². The van der Waals surface area contributed by atoms with Crippen molar-refractivity contribution in [1.82, 2.24) is 25.3 Å². The Bertz CT molecular complexity index is 1010. The molecule has 0 aliphatic carbocycles. The van der Waals surface area contributed by atoms with E-state index in [0.717, 1.165) is 49.8 Å². The Kier molecular flexibility index (Phi) is 10.7. The Morgan fingerprint density at radius 1 is 1.09 bits per heavy atom. The predicted octanol–water partition coefficient (Wildman–Crippen LogP) is 1.88. The standard InChI is InChI=1S/C22H33N5O2.C2H2O4/c1-4-7-20(28)24-17-10-13-26(14-11-17)15-12-23-22(29)21-18-8-5-6-9-19(18)27(25-21)16(2)3;3-1(4)2(5)6/h5-6,8-9,16-17H,4,7,10-15H2,1-3H3,(H,23,29)(H,24,28);(H,3,4)(H,5,6). The smallest absolute Gasteiger partial charge is 0.414 e. The molecule has 0 bridgehead atoms. The van der Waals surface area contributed by atoms with E-state index in [2.05, 4.69) is 34.5 Å². The average molecular weight is 490 g/mol. The second-order valence-corrected chi connectivity index (χ2v) is 8.70. The second kappa shape index (κ2) is 13.4. The number of aliphatic carboxylic acids is 2.